The number of anilines is 1. The first-order chi connectivity index (χ1) is 10.1. The summed E-state index contributed by atoms with van der Waals surface area (Å²) in [6, 6.07) is 14.2. The molecule has 1 aromatic heterocycles. The molecule has 0 radical (unpaired) electrons. The Kier molecular flexibility index (Phi) is 4.10. The fourth-order valence-electron chi connectivity index (χ4n) is 2.06. The summed E-state index contributed by atoms with van der Waals surface area (Å²) in [4.78, 5) is 14.8. The third-order valence-electron chi connectivity index (χ3n) is 3.00. The maximum Gasteiger partial charge on any atom is 0.259 e. The fraction of sp³-hybridized carbons (Fsp3) is 0.0667. The first-order valence-corrected chi connectivity index (χ1v) is 7.93. The number of aromatic nitrogens is 1. The van der Waals surface area contributed by atoms with Crippen molar-refractivity contribution in [1.82, 2.24) is 4.98 Å². The Labute approximate surface area is 135 Å². The minimum atomic E-state index is -1.10. The summed E-state index contributed by atoms with van der Waals surface area (Å²) in [7, 11) is 0. The van der Waals surface area contributed by atoms with Crippen molar-refractivity contribution in [3.63, 3.8) is 0 Å². The van der Waals surface area contributed by atoms with Crippen LogP contribution in [-0.4, -0.2) is 15.7 Å². The average molecular weight is 337 g/mol. The zero-order valence-corrected chi connectivity index (χ0v) is 13.0. The Balaban J connectivity index is 1.97. The molecule has 3 nitrogen and oxygen atoms in total. The van der Waals surface area contributed by atoms with Gasteiger partial charge in [-0.15, -0.1) is 11.3 Å². The lowest BCUT2D eigenvalue weighted by Gasteiger charge is -2.04. The van der Waals surface area contributed by atoms with Gasteiger partial charge in [-0.2, -0.15) is 0 Å². The topological polar surface area (TPSA) is 42.0 Å². The summed E-state index contributed by atoms with van der Waals surface area (Å²) >= 11 is 12.4. The van der Waals surface area contributed by atoms with Crippen molar-refractivity contribution < 1.29 is 4.79 Å². The highest BCUT2D eigenvalue weighted by Crippen LogP contribution is 2.31. The molecule has 0 bridgehead atoms. The SMILES string of the molecule is O=C(Nc1nc(-c2cccc3ccccc23)cs1)C(Cl)Cl. The normalized spacial score (nSPS) is 11.0. The number of hydrogen-bond acceptors (Lipinski definition) is 3. The van der Waals surface area contributed by atoms with Gasteiger partial charge < -0.3 is 0 Å². The van der Waals surface area contributed by atoms with E-state index in [2.05, 4.69) is 28.5 Å². The molecule has 3 rings (SSSR count). The van der Waals surface area contributed by atoms with E-state index < -0.39 is 10.7 Å². The molecule has 0 atom stereocenters. The van der Waals surface area contributed by atoms with Crippen LogP contribution >= 0.6 is 34.5 Å². The molecule has 1 heterocycles. The van der Waals surface area contributed by atoms with E-state index >= 15 is 0 Å². The Morgan fingerprint density at radius 3 is 2.71 bits per heavy atom. The number of nitrogens with one attached hydrogen (secondary N) is 1. The Morgan fingerprint density at radius 1 is 1.14 bits per heavy atom. The molecule has 0 aliphatic carbocycles. The molecule has 0 saturated carbocycles. The standard InChI is InChI=1S/C15H10Cl2N2OS/c16-13(17)14(20)19-15-18-12(8-21-15)11-7-3-5-9-4-1-2-6-10(9)11/h1-8,13H,(H,18,19,20). The number of carbonyl (C=O) groups excluding carboxylic acids is 1. The second kappa shape index (κ2) is 6.02. The van der Waals surface area contributed by atoms with Crippen LogP contribution in [0.15, 0.2) is 47.8 Å². The lowest BCUT2D eigenvalue weighted by atomic mass is 10.0. The van der Waals surface area contributed by atoms with Crippen LogP contribution in [0.25, 0.3) is 22.0 Å². The molecule has 0 unspecified atom stereocenters. The lowest BCUT2D eigenvalue weighted by Crippen LogP contribution is -2.18. The number of alkyl halides is 2. The summed E-state index contributed by atoms with van der Waals surface area (Å²) in [5.41, 5.74) is 1.84. The van der Waals surface area contributed by atoms with E-state index in [1.54, 1.807) is 0 Å². The van der Waals surface area contributed by atoms with Crippen molar-refractivity contribution in [2.75, 3.05) is 5.32 Å². The predicted octanol–water partition coefficient (Wildman–Crippen LogP) is 4.71. The zero-order valence-electron chi connectivity index (χ0n) is 10.7. The summed E-state index contributed by atoms with van der Waals surface area (Å²) in [5.74, 6) is -0.475. The quantitative estimate of drug-likeness (QED) is 0.704. The van der Waals surface area contributed by atoms with E-state index in [0.29, 0.717) is 5.13 Å². The van der Waals surface area contributed by atoms with E-state index in [9.17, 15) is 4.79 Å². The summed E-state index contributed by atoms with van der Waals surface area (Å²) < 4.78 is 0. The van der Waals surface area contributed by atoms with Crippen LogP contribution in [0.3, 0.4) is 0 Å². The van der Waals surface area contributed by atoms with E-state index in [4.69, 9.17) is 23.2 Å². The van der Waals surface area contributed by atoms with Gasteiger partial charge in [0, 0.05) is 10.9 Å². The largest absolute Gasteiger partial charge is 0.300 e. The van der Waals surface area contributed by atoms with Crippen LogP contribution in [0.2, 0.25) is 0 Å². The predicted molar refractivity (Wildman–Crippen MR) is 89.2 cm³/mol. The van der Waals surface area contributed by atoms with Crippen molar-refractivity contribution in [2.45, 2.75) is 4.84 Å². The molecule has 106 valence electrons. The van der Waals surface area contributed by atoms with Crippen molar-refractivity contribution in [1.29, 1.82) is 0 Å². The lowest BCUT2D eigenvalue weighted by molar-refractivity contribution is -0.114. The van der Waals surface area contributed by atoms with Crippen LogP contribution in [-0.2, 0) is 4.79 Å². The Morgan fingerprint density at radius 2 is 1.90 bits per heavy atom. The van der Waals surface area contributed by atoms with Gasteiger partial charge in [0.05, 0.1) is 5.69 Å². The number of nitrogens with zero attached hydrogens (tertiary/aromatic N) is 1. The number of hydrogen-bond donors (Lipinski definition) is 1. The third kappa shape index (κ3) is 3.02. The third-order valence-corrected chi connectivity index (χ3v) is 4.15. The molecule has 2 aromatic carbocycles. The molecule has 0 spiro atoms. The highest BCUT2D eigenvalue weighted by molar-refractivity contribution is 7.14. The molecule has 0 fully saturated rings. The number of fused-ring (bicyclic) bond motifs is 1. The van der Waals surface area contributed by atoms with Crippen LogP contribution in [0.5, 0.6) is 0 Å². The minimum absolute atomic E-state index is 0.475. The number of amides is 1. The van der Waals surface area contributed by atoms with Crippen LogP contribution in [0, 0.1) is 0 Å². The Hall–Kier alpha value is -1.62. The zero-order chi connectivity index (χ0) is 14.8. The van der Waals surface area contributed by atoms with Crippen molar-refractivity contribution >= 4 is 56.3 Å². The van der Waals surface area contributed by atoms with Crippen molar-refractivity contribution in [3.8, 4) is 11.3 Å². The molecule has 1 amide bonds. The monoisotopic (exact) mass is 336 g/mol. The first-order valence-electron chi connectivity index (χ1n) is 6.18. The maximum absolute atomic E-state index is 11.5. The Bertz CT molecular complexity index is 796. The van der Waals surface area contributed by atoms with E-state index in [1.807, 2.05) is 29.6 Å². The van der Waals surface area contributed by atoms with Gasteiger partial charge in [-0.1, -0.05) is 65.7 Å². The van der Waals surface area contributed by atoms with E-state index in [1.165, 1.54) is 11.3 Å². The van der Waals surface area contributed by atoms with Crippen LogP contribution < -0.4 is 5.32 Å². The minimum Gasteiger partial charge on any atom is -0.300 e. The molecule has 21 heavy (non-hydrogen) atoms. The number of rotatable bonds is 3. The number of benzene rings is 2. The number of carbonyl (C=O) groups is 1. The van der Waals surface area contributed by atoms with Gasteiger partial charge in [-0.05, 0) is 10.8 Å². The van der Waals surface area contributed by atoms with Crippen molar-refractivity contribution in [2.24, 2.45) is 0 Å². The maximum atomic E-state index is 11.5. The highest BCUT2D eigenvalue weighted by Gasteiger charge is 2.14. The molecule has 0 saturated heterocycles. The summed E-state index contributed by atoms with van der Waals surface area (Å²) in [6.07, 6.45) is 0. The molecule has 1 N–H and O–H groups in total. The first kappa shape index (κ1) is 14.3. The van der Waals surface area contributed by atoms with Gasteiger partial charge >= 0.3 is 0 Å². The van der Waals surface area contributed by atoms with Gasteiger partial charge in [-0.25, -0.2) is 4.98 Å². The average Bonchev–Trinajstić information content (AvgIpc) is 2.95. The number of halogens is 2. The van der Waals surface area contributed by atoms with Gasteiger partial charge in [0.2, 0.25) is 0 Å². The van der Waals surface area contributed by atoms with Gasteiger partial charge in [0.15, 0.2) is 9.97 Å². The van der Waals surface area contributed by atoms with Crippen molar-refractivity contribution in [3.05, 3.63) is 47.8 Å². The highest BCUT2D eigenvalue weighted by atomic mass is 35.5. The molecular formula is C15H10Cl2N2OS. The van der Waals surface area contributed by atoms with Gasteiger partial charge in [-0.3, -0.25) is 10.1 Å². The van der Waals surface area contributed by atoms with Gasteiger partial charge in [0.25, 0.3) is 5.91 Å². The van der Waals surface area contributed by atoms with E-state index in [-0.39, 0.29) is 0 Å². The fourth-order valence-corrected chi connectivity index (χ4v) is 2.89. The summed E-state index contributed by atoms with van der Waals surface area (Å²) in [6.45, 7) is 0. The molecular weight excluding hydrogens is 327 g/mol. The smallest absolute Gasteiger partial charge is 0.259 e. The molecule has 0 aliphatic rings. The van der Waals surface area contributed by atoms with Crippen LogP contribution in [0.1, 0.15) is 0 Å². The molecule has 6 heteroatoms. The second-order valence-electron chi connectivity index (χ2n) is 4.35. The van der Waals surface area contributed by atoms with Crippen LogP contribution in [0.4, 0.5) is 5.13 Å². The van der Waals surface area contributed by atoms with Gasteiger partial charge in [0.1, 0.15) is 0 Å². The van der Waals surface area contributed by atoms with E-state index in [0.717, 1.165) is 22.0 Å². The molecule has 3 aromatic rings. The number of thiazole rings is 1. The second-order valence-corrected chi connectivity index (χ2v) is 6.31. The molecule has 0 aliphatic heterocycles. The summed E-state index contributed by atoms with van der Waals surface area (Å²) in [5, 5.41) is 7.23.